The van der Waals surface area contributed by atoms with Crippen LogP contribution in [0.4, 0.5) is 5.69 Å². The molecule has 0 N–H and O–H groups in total. The fourth-order valence-corrected chi connectivity index (χ4v) is 1.84. The molecule has 0 unspecified atom stereocenters. The van der Waals surface area contributed by atoms with Crippen molar-refractivity contribution < 1.29 is 9.66 Å². The van der Waals surface area contributed by atoms with Gasteiger partial charge in [-0.2, -0.15) is 0 Å². The lowest BCUT2D eigenvalue weighted by molar-refractivity contribution is -0.384. The third-order valence-corrected chi connectivity index (χ3v) is 3.09. The van der Waals surface area contributed by atoms with Crippen LogP contribution in [0.2, 0.25) is 0 Å². The first kappa shape index (κ1) is 16.1. The molecule has 0 aliphatic carbocycles. The Balaban J connectivity index is 2.74. The Morgan fingerprint density at radius 1 is 1.40 bits per heavy atom. The van der Waals surface area contributed by atoms with Gasteiger partial charge in [-0.3, -0.25) is 15.1 Å². The lowest BCUT2D eigenvalue weighted by Crippen LogP contribution is -2.25. The molecule has 0 spiro atoms. The number of methoxy groups -OCH3 is 1. The van der Waals surface area contributed by atoms with Crippen molar-refractivity contribution in [2.45, 2.75) is 13.8 Å². The number of benzene rings is 1. The summed E-state index contributed by atoms with van der Waals surface area (Å²) in [5, 5.41) is 10.8. The second-order valence-electron chi connectivity index (χ2n) is 4.25. The maximum atomic E-state index is 10.8. The number of ether oxygens (including phenoxy) is 1. The Bertz CT molecular complexity index is 471. The van der Waals surface area contributed by atoms with Crippen LogP contribution >= 0.6 is 0 Å². The summed E-state index contributed by atoms with van der Waals surface area (Å²) in [5.41, 5.74) is 0.664. The molecular formula is C14H21N3O3. The number of nitrogens with zero attached hydrogens (tertiary/aromatic N) is 3. The molecule has 110 valence electrons. The number of hydrogen-bond donors (Lipinski definition) is 0. The smallest absolute Gasteiger partial charge is 0.270 e. The third kappa shape index (κ3) is 4.62. The molecule has 1 rings (SSSR count). The molecule has 0 saturated carbocycles. The summed E-state index contributed by atoms with van der Waals surface area (Å²) in [7, 11) is 1.54. The molecule has 0 fully saturated rings. The van der Waals surface area contributed by atoms with E-state index in [1.165, 1.54) is 19.2 Å². The number of rotatable bonds is 8. The predicted octanol–water partition coefficient (Wildman–Crippen LogP) is 2.36. The predicted molar refractivity (Wildman–Crippen MR) is 79.9 cm³/mol. The zero-order valence-electron chi connectivity index (χ0n) is 12.2. The summed E-state index contributed by atoms with van der Waals surface area (Å²) in [5.74, 6) is 0.585. The highest BCUT2D eigenvalue weighted by molar-refractivity contribution is 5.84. The van der Waals surface area contributed by atoms with Gasteiger partial charge in [-0.25, -0.2) is 0 Å². The van der Waals surface area contributed by atoms with Gasteiger partial charge in [0.25, 0.3) is 5.69 Å². The lowest BCUT2D eigenvalue weighted by Gasteiger charge is -2.15. The molecule has 0 saturated heterocycles. The van der Waals surface area contributed by atoms with E-state index in [4.69, 9.17) is 4.74 Å². The second-order valence-corrected chi connectivity index (χ2v) is 4.25. The van der Waals surface area contributed by atoms with Crippen molar-refractivity contribution in [2.24, 2.45) is 4.99 Å². The maximum absolute atomic E-state index is 10.8. The minimum Gasteiger partial charge on any atom is -0.496 e. The van der Waals surface area contributed by atoms with Gasteiger partial charge in [0, 0.05) is 30.5 Å². The van der Waals surface area contributed by atoms with Crippen molar-refractivity contribution in [3.63, 3.8) is 0 Å². The minimum atomic E-state index is -0.424. The number of aliphatic imine (C=N–C) groups is 1. The topological polar surface area (TPSA) is 68.0 Å². The Hall–Kier alpha value is -1.95. The van der Waals surface area contributed by atoms with Crippen LogP contribution in [0, 0.1) is 10.1 Å². The summed E-state index contributed by atoms with van der Waals surface area (Å²) in [6.45, 7) is 7.74. The van der Waals surface area contributed by atoms with Crippen molar-refractivity contribution in [1.29, 1.82) is 0 Å². The van der Waals surface area contributed by atoms with E-state index in [-0.39, 0.29) is 5.69 Å². The molecule has 0 radical (unpaired) electrons. The first-order chi connectivity index (χ1) is 9.62. The number of nitro benzene ring substituents is 1. The first-order valence-electron chi connectivity index (χ1n) is 6.67. The van der Waals surface area contributed by atoms with Gasteiger partial charge >= 0.3 is 0 Å². The van der Waals surface area contributed by atoms with Gasteiger partial charge < -0.3 is 9.64 Å². The summed E-state index contributed by atoms with van der Waals surface area (Å²) in [6, 6.07) is 4.48. The fourth-order valence-electron chi connectivity index (χ4n) is 1.84. The normalized spacial score (nSPS) is 11.2. The summed E-state index contributed by atoms with van der Waals surface area (Å²) >= 11 is 0. The first-order valence-corrected chi connectivity index (χ1v) is 6.67. The van der Waals surface area contributed by atoms with E-state index >= 15 is 0 Å². The van der Waals surface area contributed by atoms with Gasteiger partial charge in [-0.05, 0) is 19.2 Å². The number of nitro groups is 1. The van der Waals surface area contributed by atoms with Gasteiger partial charge in [0.15, 0.2) is 0 Å². The Morgan fingerprint density at radius 2 is 2.10 bits per heavy atom. The Morgan fingerprint density at radius 3 is 2.65 bits per heavy atom. The molecule has 1 aromatic rings. The average Bonchev–Trinajstić information content (AvgIpc) is 2.47. The van der Waals surface area contributed by atoms with Crippen LogP contribution < -0.4 is 4.74 Å². The SMILES string of the molecule is CCN(CC)CC/N=C/c1cc([N+](=O)[O-])ccc1OC. The standard InChI is InChI=1S/C14H21N3O3/c1-4-16(5-2)9-8-15-11-12-10-13(17(18)19)6-7-14(12)20-3/h6-7,10-11H,4-5,8-9H2,1-3H3/b15-11+. The van der Waals surface area contributed by atoms with E-state index in [1.54, 1.807) is 12.3 Å². The number of hydrogen-bond acceptors (Lipinski definition) is 5. The zero-order chi connectivity index (χ0) is 15.0. The Labute approximate surface area is 119 Å². The number of non-ortho nitro benzene ring substituents is 1. The molecular weight excluding hydrogens is 258 g/mol. The second kappa shape index (κ2) is 8.27. The minimum absolute atomic E-state index is 0.0380. The van der Waals surface area contributed by atoms with Crippen LogP contribution in [0.25, 0.3) is 0 Å². The van der Waals surface area contributed by atoms with E-state index in [2.05, 4.69) is 23.7 Å². The molecule has 6 heteroatoms. The molecule has 0 aromatic heterocycles. The van der Waals surface area contributed by atoms with Gasteiger partial charge in [-0.15, -0.1) is 0 Å². The largest absolute Gasteiger partial charge is 0.496 e. The van der Waals surface area contributed by atoms with Crippen LogP contribution in [-0.2, 0) is 0 Å². The van der Waals surface area contributed by atoms with Crippen LogP contribution in [0.1, 0.15) is 19.4 Å². The Kier molecular flexibility index (Phi) is 6.66. The molecule has 1 aromatic carbocycles. The van der Waals surface area contributed by atoms with E-state index < -0.39 is 4.92 Å². The summed E-state index contributed by atoms with van der Waals surface area (Å²) in [4.78, 5) is 16.9. The van der Waals surface area contributed by atoms with Crippen LogP contribution in [-0.4, -0.2) is 49.3 Å². The molecule has 0 aliphatic heterocycles. The molecule has 0 bridgehead atoms. The molecule has 0 heterocycles. The molecule has 20 heavy (non-hydrogen) atoms. The quantitative estimate of drug-likeness (QED) is 0.416. The number of likely N-dealkylation sites (N-methyl/N-ethyl adjacent to an activating group) is 1. The lowest BCUT2D eigenvalue weighted by atomic mass is 10.2. The highest BCUT2D eigenvalue weighted by Crippen LogP contribution is 2.22. The zero-order valence-corrected chi connectivity index (χ0v) is 12.2. The monoisotopic (exact) mass is 279 g/mol. The summed E-state index contributed by atoms with van der Waals surface area (Å²) < 4.78 is 5.18. The van der Waals surface area contributed by atoms with E-state index in [0.29, 0.717) is 17.9 Å². The van der Waals surface area contributed by atoms with Gasteiger partial charge in [0.2, 0.25) is 0 Å². The van der Waals surface area contributed by atoms with Gasteiger partial charge in [0.05, 0.1) is 18.6 Å². The molecule has 0 aliphatic rings. The summed E-state index contributed by atoms with van der Waals surface area (Å²) in [6.07, 6.45) is 1.63. The van der Waals surface area contributed by atoms with E-state index in [9.17, 15) is 10.1 Å². The van der Waals surface area contributed by atoms with E-state index in [1.807, 2.05) is 0 Å². The van der Waals surface area contributed by atoms with Crippen molar-refractivity contribution in [1.82, 2.24) is 4.90 Å². The third-order valence-electron chi connectivity index (χ3n) is 3.09. The molecule has 0 atom stereocenters. The molecule has 0 amide bonds. The fraction of sp³-hybridized carbons (Fsp3) is 0.500. The van der Waals surface area contributed by atoms with Gasteiger partial charge in [0.1, 0.15) is 5.75 Å². The van der Waals surface area contributed by atoms with Crippen molar-refractivity contribution in [2.75, 3.05) is 33.3 Å². The van der Waals surface area contributed by atoms with E-state index in [0.717, 1.165) is 19.6 Å². The highest BCUT2D eigenvalue weighted by atomic mass is 16.6. The van der Waals surface area contributed by atoms with Crippen molar-refractivity contribution in [3.8, 4) is 5.75 Å². The average molecular weight is 279 g/mol. The van der Waals surface area contributed by atoms with Crippen LogP contribution in [0.3, 0.4) is 0 Å². The van der Waals surface area contributed by atoms with Crippen LogP contribution in [0.5, 0.6) is 5.75 Å². The van der Waals surface area contributed by atoms with Crippen molar-refractivity contribution >= 4 is 11.9 Å². The van der Waals surface area contributed by atoms with Gasteiger partial charge in [-0.1, -0.05) is 13.8 Å². The van der Waals surface area contributed by atoms with Crippen molar-refractivity contribution in [3.05, 3.63) is 33.9 Å². The maximum Gasteiger partial charge on any atom is 0.270 e. The molecule has 6 nitrogen and oxygen atoms in total. The highest BCUT2D eigenvalue weighted by Gasteiger charge is 2.09. The van der Waals surface area contributed by atoms with Crippen LogP contribution in [0.15, 0.2) is 23.2 Å².